The Kier molecular flexibility index (Phi) is 4.29. The number of aromatic nitrogens is 2. The lowest BCUT2D eigenvalue weighted by Gasteiger charge is -2.19. The third-order valence-electron chi connectivity index (χ3n) is 2.02. The minimum atomic E-state index is 0.376. The third kappa shape index (κ3) is 2.96. The molecule has 0 aliphatic carbocycles. The summed E-state index contributed by atoms with van der Waals surface area (Å²) >= 11 is 0. The van der Waals surface area contributed by atoms with Gasteiger partial charge in [-0.3, -0.25) is 0 Å². The zero-order valence-corrected chi connectivity index (χ0v) is 9.56. The Morgan fingerprint density at radius 3 is 2.81 bits per heavy atom. The van der Waals surface area contributed by atoms with Crippen molar-refractivity contribution in [2.24, 2.45) is 0 Å². The van der Waals surface area contributed by atoms with E-state index in [1.807, 2.05) is 17.9 Å². The van der Waals surface area contributed by atoms with Crippen LogP contribution in [-0.2, 0) is 0 Å². The number of aryl methyl sites for hydroxylation is 1. The van der Waals surface area contributed by atoms with Gasteiger partial charge in [-0.1, -0.05) is 12.8 Å². The molecule has 1 aromatic rings. The molecule has 0 atom stereocenters. The number of anilines is 1. The number of terminal acetylenes is 1. The normalized spacial score (nSPS) is 9.25. The lowest BCUT2D eigenvalue weighted by molar-refractivity contribution is 0.786. The molecule has 4 nitrogen and oxygen atoms in total. The highest BCUT2D eigenvalue weighted by Gasteiger charge is 2.09. The van der Waals surface area contributed by atoms with Crippen molar-refractivity contribution in [2.45, 2.75) is 20.3 Å². The highest BCUT2D eigenvalue weighted by atomic mass is 15.2. The second kappa shape index (κ2) is 5.72. The van der Waals surface area contributed by atoms with Crippen molar-refractivity contribution in [3.8, 4) is 18.4 Å². The van der Waals surface area contributed by atoms with Crippen molar-refractivity contribution in [2.75, 3.05) is 18.0 Å². The van der Waals surface area contributed by atoms with Crippen LogP contribution in [-0.4, -0.2) is 23.1 Å². The van der Waals surface area contributed by atoms with Gasteiger partial charge >= 0.3 is 0 Å². The monoisotopic (exact) mass is 214 g/mol. The quantitative estimate of drug-likeness (QED) is 0.713. The first-order valence-corrected chi connectivity index (χ1v) is 5.15. The maximum absolute atomic E-state index is 8.83. The van der Waals surface area contributed by atoms with Crippen molar-refractivity contribution >= 4 is 5.95 Å². The van der Waals surface area contributed by atoms with E-state index in [9.17, 15) is 0 Å². The summed E-state index contributed by atoms with van der Waals surface area (Å²) in [5.74, 6) is 3.11. The van der Waals surface area contributed by atoms with E-state index in [2.05, 4.69) is 22.8 Å². The van der Waals surface area contributed by atoms with Gasteiger partial charge in [-0.25, -0.2) is 9.97 Å². The summed E-state index contributed by atoms with van der Waals surface area (Å²) in [6.07, 6.45) is 6.25. The van der Waals surface area contributed by atoms with E-state index in [0.717, 1.165) is 18.7 Å². The van der Waals surface area contributed by atoms with Crippen LogP contribution >= 0.6 is 0 Å². The Morgan fingerprint density at radius 2 is 2.25 bits per heavy atom. The van der Waals surface area contributed by atoms with Crippen molar-refractivity contribution in [1.82, 2.24) is 9.97 Å². The van der Waals surface area contributed by atoms with Crippen molar-refractivity contribution in [1.29, 1.82) is 5.26 Å². The van der Waals surface area contributed by atoms with Gasteiger partial charge in [0.25, 0.3) is 0 Å². The molecule has 0 aliphatic rings. The van der Waals surface area contributed by atoms with Crippen LogP contribution in [0.4, 0.5) is 5.95 Å². The Labute approximate surface area is 95.9 Å². The van der Waals surface area contributed by atoms with E-state index < -0.39 is 0 Å². The Morgan fingerprint density at radius 1 is 1.50 bits per heavy atom. The van der Waals surface area contributed by atoms with Crippen LogP contribution in [0.2, 0.25) is 0 Å². The van der Waals surface area contributed by atoms with E-state index in [0.29, 0.717) is 18.2 Å². The smallest absolute Gasteiger partial charge is 0.227 e. The number of rotatable bonds is 4. The first-order chi connectivity index (χ1) is 7.71. The molecule has 0 bridgehead atoms. The zero-order valence-electron chi connectivity index (χ0n) is 9.56. The van der Waals surface area contributed by atoms with E-state index >= 15 is 0 Å². The van der Waals surface area contributed by atoms with Crippen molar-refractivity contribution < 1.29 is 0 Å². The molecule has 0 radical (unpaired) electrons. The van der Waals surface area contributed by atoms with E-state index in [1.165, 1.54) is 0 Å². The molecular weight excluding hydrogens is 200 g/mol. The summed E-state index contributed by atoms with van der Waals surface area (Å²) in [4.78, 5) is 10.3. The maximum Gasteiger partial charge on any atom is 0.227 e. The fraction of sp³-hybridized carbons (Fsp3) is 0.417. The van der Waals surface area contributed by atoms with E-state index in [-0.39, 0.29) is 0 Å². The summed E-state index contributed by atoms with van der Waals surface area (Å²) < 4.78 is 0. The summed E-state index contributed by atoms with van der Waals surface area (Å²) in [5.41, 5.74) is 1.15. The van der Waals surface area contributed by atoms with Crippen molar-refractivity contribution in [3.63, 3.8) is 0 Å². The van der Waals surface area contributed by atoms with Gasteiger partial charge in [0.1, 0.15) is 11.8 Å². The molecule has 4 heteroatoms. The standard InChI is InChI=1S/C12H14N4/c1-4-6-16(7-5-2)12-14-10(3)8-11(9-13)15-12/h1,8H,5-7H2,2-3H3. The molecular formula is C12H14N4. The minimum absolute atomic E-state index is 0.376. The summed E-state index contributed by atoms with van der Waals surface area (Å²) in [5, 5.41) is 8.83. The molecule has 1 heterocycles. The highest BCUT2D eigenvalue weighted by Crippen LogP contribution is 2.10. The Bertz CT molecular complexity index is 439. The van der Waals surface area contributed by atoms with Crippen LogP contribution < -0.4 is 4.90 Å². The fourth-order valence-electron chi connectivity index (χ4n) is 1.38. The topological polar surface area (TPSA) is 52.8 Å². The second-order valence-corrected chi connectivity index (χ2v) is 3.43. The van der Waals surface area contributed by atoms with Crippen LogP contribution in [0.25, 0.3) is 0 Å². The lowest BCUT2D eigenvalue weighted by atomic mass is 10.3. The van der Waals surface area contributed by atoms with Crippen LogP contribution in [0.5, 0.6) is 0 Å². The minimum Gasteiger partial charge on any atom is -0.330 e. The second-order valence-electron chi connectivity index (χ2n) is 3.43. The SMILES string of the molecule is C#CCN(CCC)c1nc(C)cc(C#N)n1. The average molecular weight is 214 g/mol. The van der Waals surface area contributed by atoms with Crippen molar-refractivity contribution in [3.05, 3.63) is 17.5 Å². The Balaban J connectivity index is 3.05. The number of nitrogens with zero attached hydrogens (tertiary/aromatic N) is 4. The highest BCUT2D eigenvalue weighted by molar-refractivity contribution is 5.37. The zero-order chi connectivity index (χ0) is 12.0. The molecule has 0 N–H and O–H groups in total. The van der Waals surface area contributed by atoms with Gasteiger partial charge in [0.05, 0.1) is 6.54 Å². The number of nitriles is 1. The first kappa shape index (κ1) is 12.0. The fourth-order valence-corrected chi connectivity index (χ4v) is 1.38. The molecule has 0 saturated heterocycles. The van der Waals surface area contributed by atoms with Gasteiger partial charge in [-0.15, -0.1) is 6.42 Å². The summed E-state index contributed by atoms with van der Waals surface area (Å²) in [6, 6.07) is 3.67. The molecule has 16 heavy (non-hydrogen) atoms. The van der Waals surface area contributed by atoms with E-state index in [4.69, 9.17) is 11.7 Å². The van der Waals surface area contributed by atoms with Gasteiger partial charge in [-0.2, -0.15) is 5.26 Å². The molecule has 0 saturated carbocycles. The van der Waals surface area contributed by atoms with Gasteiger partial charge in [-0.05, 0) is 19.4 Å². The molecule has 0 unspecified atom stereocenters. The maximum atomic E-state index is 8.83. The average Bonchev–Trinajstić information content (AvgIpc) is 2.28. The molecule has 0 aromatic carbocycles. The molecule has 0 aliphatic heterocycles. The molecule has 0 spiro atoms. The van der Waals surface area contributed by atoms with Crippen LogP contribution in [0, 0.1) is 30.6 Å². The molecule has 0 amide bonds. The lowest BCUT2D eigenvalue weighted by Crippen LogP contribution is -2.26. The predicted octanol–water partition coefficient (Wildman–Crippen LogP) is 1.51. The van der Waals surface area contributed by atoms with E-state index in [1.54, 1.807) is 6.07 Å². The largest absolute Gasteiger partial charge is 0.330 e. The molecule has 1 aromatic heterocycles. The molecule has 0 fully saturated rings. The van der Waals surface area contributed by atoms with Gasteiger partial charge < -0.3 is 4.90 Å². The molecule has 1 rings (SSSR count). The molecule has 82 valence electrons. The Hall–Kier alpha value is -2.07. The van der Waals surface area contributed by atoms with Crippen LogP contribution in [0.15, 0.2) is 6.07 Å². The van der Waals surface area contributed by atoms with Crippen LogP contribution in [0.3, 0.4) is 0 Å². The van der Waals surface area contributed by atoms with Gasteiger partial charge in [0.15, 0.2) is 0 Å². The number of hydrogen-bond donors (Lipinski definition) is 0. The number of hydrogen-bond acceptors (Lipinski definition) is 4. The van der Waals surface area contributed by atoms with Gasteiger partial charge in [0.2, 0.25) is 5.95 Å². The first-order valence-electron chi connectivity index (χ1n) is 5.15. The van der Waals surface area contributed by atoms with Crippen LogP contribution in [0.1, 0.15) is 24.7 Å². The van der Waals surface area contributed by atoms with Gasteiger partial charge in [0, 0.05) is 12.2 Å². The predicted molar refractivity (Wildman–Crippen MR) is 62.8 cm³/mol. The summed E-state index contributed by atoms with van der Waals surface area (Å²) in [7, 11) is 0. The summed E-state index contributed by atoms with van der Waals surface area (Å²) in [6.45, 7) is 5.15. The third-order valence-corrected chi connectivity index (χ3v) is 2.02.